The van der Waals surface area contributed by atoms with Gasteiger partial charge < -0.3 is 25.7 Å². The summed E-state index contributed by atoms with van der Waals surface area (Å²) in [5.74, 6) is 0.0970. The van der Waals surface area contributed by atoms with Gasteiger partial charge in [-0.3, -0.25) is 0 Å². The molecule has 0 saturated heterocycles. The number of hydrogen-bond acceptors (Lipinski definition) is 5. The molecule has 0 aliphatic heterocycles. The van der Waals surface area contributed by atoms with Gasteiger partial charge in [-0.25, -0.2) is 4.79 Å². The highest BCUT2D eigenvalue weighted by molar-refractivity contribution is 7.07. The van der Waals surface area contributed by atoms with Gasteiger partial charge in [-0.05, 0) is 73.9 Å². The maximum Gasteiger partial charge on any atom is 0.315 e. The summed E-state index contributed by atoms with van der Waals surface area (Å²) in [4.78, 5) is 14.3. The zero-order valence-corrected chi connectivity index (χ0v) is 16.9. The van der Waals surface area contributed by atoms with Crippen LogP contribution in [0.15, 0.2) is 35.0 Å². The van der Waals surface area contributed by atoms with E-state index in [0.29, 0.717) is 18.5 Å². The smallest absolute Gasteiger partial charge is 0.315 e. The summed E-state index contributed by atoms with van der Waals surface area (Å²) in [5.41, 5.74) is 2.74. The summed E-state index contributed by atoms with van der Waals surface area (Å²) >= 11 is 1.66. The molecule has 148 valence electrons. The Labute approximate surface area is 164 Å². The van der Waals surface area contributed by atoms with E-state index in [1.165, 1.54) is 5.56 Å². The minimum Gasteiger partial charge on any atom is -0.508 e. The van der Waals surface area contributed by atoms with Crippen LogP contribution in [-0.4, -0.2) is 53.9 Å². The van der Waals surface area contributed by atoms with Crippen LogP contribution in [-0.2, 0) is 19.4 Å². The second-order valence-electron chi connectivity index (χ2n) is 7.03. The standard InChI is InChI=1S/C20H29N3O3S/c1-14(8-16-6-7-27-13-16)22-20(26)21-11-18(23(2)3)10-15-4-5-19(25)17(9-15)12-24/h4-7,9,13-14,18,24-25H,8,10-12H2,1-3H3,(H2,21,22,26). The third kappa shape index (κ3) is 6.86. The first-order valence-corrected chi connectivity index (χ1v) is 9.96. The van der Waals surface area contributed by atoms with E-state index in [1.807, 2.05) is 32.5 Å². The number of phenols is 1. The quantitative estimate of drug-likeness (QED) is 0.529. The van der Waals surface area contributed by atoms with Crippen LogP contribution >= 0.6 is 11.3 Å². The lowest BCUT2D eigenvalue weighted by Gasteiger charge is -2.25. The van der Waals surface area contributed by atoms with Gasteiger partial charge in [0.25, 0.3) is 0 Å². The minimum atomic E-state index is -0.199. The Morgan fingerprint density at radius 1 is 1.22 bits per heavy atom. The second-order valence-corrected chi connectivity index (χ2v) is 7.81. The van der Waals surface area contributed by atoms with Crippen LogP contribution in [0.2, 0.25) is 0 Å². The highest BCUT2D eigenvalue weighted by atomic mass is 32.1. The van der Waals surface area contributed by atoms with Gasteiger partial charge in [0.05, 0.1) is 6.61 Å². The third-order valence-electron chi connectivity index (χ3n) is 4.51. The van der Waals surface area contributed by atoms with Gasteiger partial charge in [0.2, 0.25) is 0 Å². The molecule has 0 bridgehead atoms. The topological polar surface area (TPSA) is 84.8 Å². The number of aliphatic hydroxyl groups excluding tert-OH is 1. The fourth-order valence-electron chi connectivity index (χ4n) is 2.90. The van der Waals surface area contributed by atoms with E-state index in [4.69, 9.17) is 0 Å². The van der Waals surface area contributed by atoms with Crippen LogP contribution in [0.5, 0.6) is 5.75 Å². The molecule has 0 fully saturated rings. The molecule has 0 aliphatic carbocycles. The molecule has 27 heavy (non-hydrogen) atoms. The fourth-order valence-corrected chi connectivity index (χ4v) is 3.58. The summed E-state index contributed by atoms with van der Waals surface area (Å²) in [6.07, 6.45) is 1.51. The number of thiophene rings is 1. The highest BCUT2D eigenvalue weighted by Crippen LogP contribution is 2.19. The minimum absolute atomic E-state index is 0.0571. The van der Waals surface area contributed by atoms with Crippen LogP contribution in [0, 0.1) is 0 Å². The number of benzene rings is 1. The zero-order chi connectivity index (χ0) is 19.8. The molecule has 2 aromatic rings. The largest absolute Gasteiger partial charge is 0.508 e. The Balaban J connectivity index is 1.85. The van der Waals surface area contributed by atoms with Crippen LogP contribution in [0.25, 0.3) is 0 Å². The second kappa shape index (κ2) is 10.3. The maximum atomic E-state index is 12.2. The summed E-state index contributed by atoms with van der Waals surface area (Å²) in [5, 5.41) is 29.0. The number of hydrogen-bond donors (Lipinski definition) is 4. The van der Waals surface area contributed by atoms with Crippen molar-refractivity contribution in [3.63, 3.8) is 0 Å². The molecule has 0 radical (unpaired) electrons. The van der Waals surface area contributed by atoms with Gasteiger partial charge in [-0.2, -0.15) is 11.3 Å². The number of aliphatic hydroxyl groups is 1. The van der Waals surface area contributed by atoms with Gasteiger partial charge >= 0.3 is 6.03 Å². The average molecular weight is 392 g/mol. The summed E-state index contributed by atoms with van der Waals surface area (Å²) in [6, 6.07) is 7.29. The molecule has 1 heterocycles. The number of urea groups is 1. The molecule has 0 spiro atoms. The van der Waals surface area contributed by atoms with Crippen LogP contribution < -0.4 is 10.6 Å². The van der Waals surface area contributed by atoms with E-state index >= 15 is 0 Å². The number of nitrogens with one attached hydrogen (secondary N) is 2. The van der Waals surface area contributed by atoms with Crippen molar-refractivity contribution in [2.75, 3.05) is 20.6 Å². The Bertz CT molecular complexity index is 719. The lowest BCUT2D eigenvalue weighted by atomic mass is 10.0. The number of rotatable bonds is 9. The first-order valence-electron chi connectivity index (χ1n) is 9.02. The SMILES string of the molecule is CC(Cc1ccsc1)NC(=O)NCC(Cc1ccc(O)c(CO)c1)N(C)C. The van der Waals surface area contributed by atoms with E-state index in [2.05, 4.69) is 27.0 Å². The predicted octanol–water partition coefficient (Wildman–Crippen LogP) is 2.35. The molecule has 4 N–H and O–H groups in total. The van der Waals surface area contributed by atoms with Gasteiger partial charge in [-0.1, -0.05) is 6.07 Å². The lowest BCUT2D eigenvalue weighted by Crippen LogP contribution is -2.47. The first kappa shape index (κ1) is 21.2. The van der Waals surface area contributed by atoms with E-state index in [0.717, 1.165) is 12.0 Å². The Morgan fingerprint density at radius 2 is 2.00 bits per heavy atom. The van der Waals surface area contributed by atoms with E-state index in [9.17, 15) is 15.0 Å². The van der Waals surface area contributed by atoms with E-state index in [1.54, 1.807) is 23.5 Å². The number of carbonyl (C=O) groups is 1. The van der Waals surface area contributed by atoms with Crippen molar-refractivity contribution in [3.05, 3.63) is 51.7 Å². The molecule has 1 aromatic carbocycles. The van der Waals surface area contributed by atoms with Crippen LogP contribution in [0.4, 0.5) is 4.79 Å². The molecule has 2 atom stereocenters. The lowest BCUT2D eigenvalue weighted by molar-refractivity contribution is 0.229. The number of amides is 2. The number of nitrogens with zero attached hydrogens (tertiary/aromatic N) is 1. The normalized spacial score (nSPS) is 13.4. The van der Waals surface area contributed by atoms with E-state index < -0.39 is 0 Å². The molecule has 2 unspecified atom stereocenters. The van der Waals surface area contributed by atoms with Crippen LogP contribution in [0.1, 0.15) is 23.6 Å². The number of aromatic hydroxyl groups is 1. The van der Waals surface area contributed by atoms with E-state index in [-0.39, 0.29) is 30.5 Å². The molecule has 0 saturated carbocycles. The monoisotopic (exact) mass is 391 g/mol. The van der Waals surface area contributed by atoms with Crippen molar-refractivity contribution in [2.24, 2.45) is 0 Å². The molecular formula is C20H29N3O3S. The van der Waals surface area contributed by atoms with Crippen molar-refractivity contribution in [3.8, 4) is 5.75 Å². The maximum absolute atomic E-state index is 12.2. The van der Waals surface area contributed by atoms with Gasteiger partial charge in [0.1, 0.15) is 5.75 Å². The first-order chi connectivity index (χ1) is 12.9. The Hall–Kier alpha value is -2.09. The molecule has 2 rings (SSSR count). The molecule has 1 aromatic heterocycles. The fraction of sp³-hybridized carbons (Fsp3) is 0.450. The van der Waals surface area contributed by atoms with Crippen molar-refractivity contribution in [1.82, 2.24) is 15.5 Å². The van der Waals surface area contributed by atoms with Crippen molar-refractivity contribution >= 4 is 17.4 Å². The summed E-state index contributed by atoms with van der Waals surface area (Å²) < 4.78 is 0. The summed E-state index contributed by atoms with van der Waals surface area (Å²) in [6.45, 7) is 2.29. The van der Waals surface area contributed by atoms with Gasteiger partial charge in [0.15, 0.2) is 0 Å². The highest BCUT2D eigenvalue weighted by Gasteiger charge is 2.16. The molecule has 0 aliphatic rings. The Morgan fingerprint density at radius 3 is 2.63 bits per heavy atom. The molecular weight excluding hydrogens is 362 g/mol. The molecule has 7 heteroatoms. The number of likely N-dealkylation sites (N-methyl/N-ethyl adjacent to an activating group) is 1. The summed E-state index contributed by atoms with van der Waals surface area (Å²) in [7, 11) is 3.94. The Kier molecular flexibility index (Phi) is 8.09. The van der Waals surface area contributed by atoms with Gasteiger partial charge in [0, 0.05) is 24.2 Å². The van der Waals surface area contributed by atoms with Gasteiger partial charge in [-0.15, -0.1) is 0 Å². The third-order valence-corrected chi connectivity index (χ3v) is 5.25. The van der Waals surface area contributed by atoms with Crippen LogP contribution in [0.3, 0.4) is 0 Å². The van der Waals surface area contributed by atoms with Crippen molar-refractivity contribution in [2.45, 2.75) is 38.5 Å². The average Bonchev–Trinajstić information content (AvgIpc) is 3.12. The predicted molar refractivity (Wildman–Crippen MR) is 109 cm³/mol. The zero-order valence-electron chi connectivity index (χ0n) is 16.1. The van der Waals surface area contributed by atoms with Crippen molar-refractivity contribution < 1.29 is 15.0 Å². The molecule has 6 nitrogen and oxygen atoms in total. The number of carbonyl (C=O) groups excluding carboxylic acids is 1. The molecule has 2 amide bonds. The van der Waals surface area contributed by atoms with Crippen molar-refractivity contribution in [1.29, 1.82) is 0 Å².